The SMILES string of the molecule is CCC[C@H]1CCc2c(sc(NC(=O)c3ccc4c(c3)OCO4)c2C(N)=O)C1. The van der Waals surface area contributed by atoms with Crippen molar-refractivity contribution in [3.8, 4) is 11.5 Å². The molecule has 1 aliphatic heterocycles. The molecule has 6 nitrogen and oxygen atoms in total. The number of fused-ring (bicyclic) bond motifs is 2. The van der Waals surface area contributed by atoms with Crippen molar-refractivity contribution in [2.24, 2.45) is 11.7 Å². The molecular weight excluding hydrogens is 364 g/mol. The molecule has 4 rings (SSSR count). The van der Waals surface area contributed by atoms with Crippen LogP contribution in [0.15, 0.2) is 18.2 Å². The smallest absolute Gasteiger partial charge is 0.256 e. The standard InChI is InChI=1S/C20H22N2O4S/c1-2-3-11-4-6-13-16(8-11)27-20(17(13)18(21)23)22-19(24)12-5-7-14-15(9-12)26-10-25-14/h5,7,9,11H,2-4,6,8,10H2,1H3,(H2,21,23)(H,22,24)/t11-/m0/s1. The Morgan fingerprint density at radius 2 is 2.11 bits per heavy atom. The number of ether oxygens (including phenoxy) is 2. The first-order chi connectivity index (χ1) is 13.1. The quantitative estimate of drug-likeness (QED) is 0.819. The van der Waals surface area contributed by atoms with Gasteiger partial charge in [0, 0.05) is 10.4 Å². The number of benzene rings is 1. The van der Waals surface area contributed by atoms with Gasteiger partial charge in [-0.2, -0.15) is 0 Å². The molecule has 0 spiro atoms. The second-order valence-electron chi connectivity index (χ2n) is 6.99. The average molecular weight is 386 g/mol. The Labute approximate surface area is 161 Å². The molecule has 1 aromatic heterocycles. The summed E-state index contributed by atoms with van der Waals surface area (Å²) in [4.78, 5) is 26.0. The first-order valence-electron chi connectivity index (χ1n) is 9.22. The molecule has 0 unspecified atom stereocenters. The second kappa shape index (κ2) is 7.23. The summed E-state index contributed by atoms with van der Waals surface area (Å²) in [6, 6.07) is 5.03. The molecule has 27 heavy (non-hydrogen) atoms. The number of carbonyl (C=O) groups excluding carboxylic acids is 2. The van der Waals surface area contributed by atoms with E-state index in [1.807, 2.05) is 0 Å². The van der Waals surface area contributed by atoms with E-state index in [1.165, 1.54) is 22.6 Å². The lowest BCUT2D eigenvalue weighted by molar-refractivity contribution is 0.1000. The zero-order valence-corrected chi connectivity index (χ0v) is 16.0. The van der Waals surface area contributed by atoms with E-state index in [1.54, 1.807) is 18.2 Å². The molecule has 142 valence electrons. The molecule has 1 atom stereocenters. The third kappa shape index (κ3) is 3.39. The van der Waals surface area contributed by atoms with Crippen molar-refractivity contribution >= 4 is 28.2 Å². The summed E-state index contributed by atoms with van der Waals surface area (Å²) >= 11 is 1.48. The Hall–Kier alpha value is -2.54. The van der Waals surface area contributed by atoms with E-state index in [9.17, 15) is 9.59 Å². The summed E-state index contributed by atoms with van der Waals surface area (Å²) in [5, 5.41) is 3.43. The molecule has 0 bridgehead atoms. The van der Waals surface area contributed by atoms with Crippen molar-refractivity contribution in [1.82, 2.24) is 0 Å². The molecule has 1 aliphatic carbocycles. The van der Waals surface area contributed by atoms with Crippen molar-refractivity contribution in [1.29, 1.82) is 0 Å². The van der Waals surface area contributed by atoms with E-state index in [2.05, 4.69) is 12.2 Å². The van der Waals surface area contributed by atoms with Gasteiger partial charge in [0.1, 0.15) is 5.00 Å². The molecule has 2 amide bonds. The van der Waals surface area contributed by atoms with Crippen LogP contribution in [0.25, 0.3) is 0 Å². The largest absolute Gasteiger partial charge is 0.454 e. The number of hydrogen-bond acceptors (Lipinski definition) is 5. The second-order valence-corrected chi connectivity index (χ2v) is 8.10. The predicted molar refractivity (Wildman–Crippen MR) is 104 cm³/mol. The number of primary amides is 1. The van der Waals surface area contributed by atoms with Crippen LogP contribution in [0.5, 0.6) is 11.5 Å². The van der Waals surface area contributed by atoms with Crippen molar-refractivity contribution in [2.45, 2.75) is 39.0 Å². The minimum Gasteiger partial charge on any atom is -0.454 e. The van der Waals surface area contributed by atoms with Crippen molar-refractivity contribution < 1.29 is 19.1 Å². The minimum absolute atomic E-state index is 0.156. The summed E-state index contributed by atoms with van der Waals surface area (Å²) in [6.45, 7) is 2.35. The van der Waals surface area contributed by atoms with Gasteiger partial charge in [-0.3, -0.25) is 9.59 Å². The summed E-state index contributed by atoms with van der Waals surface area (Å²) < 4.78 is 10.6. The fourth-order valence-electron chi connectivity index (χ4n) is 3.87. The maximum Gasteiger partial charge on any atom is 0.256 e. The number of anilines is 1. The van der Waals surface area contributed by atoms with E-state index in [4.69, 9.17) is 15.2 Å². The summed E-state index contributed by atoms with van der Waals surface area (Å²) in [7, 11) is 0. The van der Waals surface area contributed by atoms with Crippen LogP contribution in [0.1, 0.15) is 57.3 Å². The van der Waals surface area contributed by atoms with Gasteiger partial charge in [-0.15, -0.1) is 11.3 Å². The lowest BCUT2D eigenvalue weighted by Gasteiger charge is -2.21. The molecule has 0 saturated heterocycles. The molecule has 0 fully saturated rings. The van der Waals surface area contributed by atoms with E-state index in [-0.39, 0.29) is 12.7 Å². The molecule has 0 radical (unpaired) electrons. The van der Waals surface area contributed by atoms with E-state index < -0.39 is 5.91 Å². The van der Waals surface area contributed by atoms with Crippen molar-refractivity contribution in [2.75, 3.05) is 12.1 Å². The van der Waals surface area contributed by atoms with Crippen molar-refractivity contribution in [3.63, 3.8) is 0 Å². The lowest BCUT2D eigenvalue weighted by Crippen LogP contribution is -2.20. The number of hydrogen-bond donors (Lipinski definition) is 2. The van der Waals surface area contributed by atoms with Crippen LogP contribution >= 0.6 is 11.3 Å². The molecule has 1 aromatic carbocycles. The van der Waals surface area contributed by atoms with Crippen LogP contribution < -0.4 is 20.5 Å². The van der Waals surface area contributed by atoms with Crippen LogP contribution in [-0.2, 0) is 12.8 Å². The number of carbonyl (C=O) groups is 2. The fourth-order valence-corrected chi connectivity index (χ4v) is 5.23. The Morgan fingerprint density at radius 1 is 1.30 bits per heavy atom. The third-order valence-electron chi connectivity index (χ3n) is 5.17. The first-order valence-corrected chi connectivity index (χ1v) is 10.0. The van der Waals surface area contributed by atoms with Gasteiger partial charge in [0.2, 0.25) is 6.79 Å². The number of rotatable bonds is 5. The highest BCUT2D eigenvalue weighted by molar-refractivity contribution is 7.17. The van der Waals surface area contributed by atoms with Gasteiger partial charge in [-0.1, -0.05) is 19.8 Å². The van der Waals surface area contributed by atoms with Crippen LogP contribution in [0.3, 0.4) is 0 Å². The van der Waals surface area contributed by atoms with E-state index in [0.717, 1.165) is 31.2 Å². The monoisotopic (exact) mass is 386 g/mol. The number of nitrogens with two attached hydrogens (primary N) is 1. The van der Waals surface area contributed by atoms with E-state index in [0.29, 0.717) is 33.5 Å². The van der Waals surface area contributed by atoms with Gasteiger partial charge < -0.3 is 20.5 Å². The highest BCUT2D eigenvalue weighted by Crippen LogP contribution is 2.41. The van der Waals surface area contributed by atoms with Crippen molar-refractivity contribution in [3.05, 3.63) is 39.8 Å². The number of nitrogens with one attached hydrogen (secondary N) is 1. The van der Waals surface area contributed by atoms with Crippen LogP contribution in [-0.4, -0.2) is 18.6 Å². The van der Waals surface area contributed by atoms with Gasteiger partial charge in [0.25, 0.3) is 11.8 Å². The molecular formula is C20H22N2O4S. The average Bonchev–Trinajstić information content (AvgIpc) is 3.24. The predicted octanol–water partition coefficient (Wildman–Crippen LogP) is 3.73. The first kappa shape index (κ1) is 17.9. The minimum atomic E-state index is -0.484. The molecule has 2 aromatic rings. The number of amides is 2. The van der Waals surface area contributed by atoms with Gasteiger partial charge >= 0.3 is 0 Å². The third-order valence-corrected chi connectivity index (χ3v) is 6.34. The van der Waals surface area contributed by atoms with E-state index >= 15 is 0 Å². The Morgan fingerprint density at radius 3 is 2.89 bits per heavy atom. The van der Waals surface area contributed by atoms with Crippen LogP contribution in [0.2, 0.25) is 0 Å². The molecule has 0 saturated carbocycles. The molecule has 3 N–H and O–H groups in total. The van der Waals surface area contributed by atoms with Gasteiger partial charge in [0.05, 0.1) is 5.56 Å². The highest BCUT2D eigenvalue weighted by Gasteiger charge is 2.28. The summed E-state index contributed by atoms with van der Waals surface area (Å²) in [5.41, 5.74) is 7.58. The molecule has 2 aliphatic rings. The van der Waals surface area contributed by atoms with Gasteiger partial charge in [0.15, 0.2) is 11.5 Å². The summed E-state index contributed by atoms with van der Waals surface area (Å²) in [5.74, 6) is 1.03. The fraction of sp³-hybridized carbons (Fsp3) is 0.400. The molecule has 2 heterocycles. The zero-order chi connectivity index (χ0) is 19.0. The van der Waals surface area contributed by atoms with Gasteiger partial charge in [-0.05, 0) is 48.9 Å². The summed E-state index contributed by atoms with van der Waals surface area (Å²) in [6.07, 6.45) is 5.19. The maximum absolute atomic E-state index is 12.7. The maximum atomic E-state index is 12.7. The lowest BCUT2D eigenvalue weighted by atomic mass is 9.84. The Bertz CT molecular complexity index is 906. The Kier molecular flexibility index (Phi) is 4.78. The Balaban J connectivity index is 1.60. The van der Waals surface area contributed by atoms with Crippen LogP contribution in [0.4, 0.5) is 5.00 Å². The molecule has 7 heteroatoms. The van der Waals surface area contributed by atoms with Gasteiger partial charge in [-0.25, -0.2) is 0 Å². The normalized spacial score (nSPS) is 17.4. The highest BCUT2D eigenvalue weighted by atomic mass is 32.1. The van der Waals surface area contributed by atoms with Crippen LogP contribution in [0, 0.1) is 5.92 Å². The zero-order valence-electron chi connectivity index (χ0n) is 15.2. The number of thiophene rings is 1. The topological polar surface area (TPSA) is 90.7 Å².